The molecule has 5 rings (SSSR count). The van der Waals surface area contributed by atoms with Gasteiger partial charge in [-0.25, -0.2) is 9.97 Å². The first-order valence-electron chi connectivity index (χ1n) is 11.7. The number of halogens is 1. The number of anilines is 1. The Morgan fingerprint density at radius 3 is 2.57 bits per heavy atom. The van der Waals surface area contributed by atoms with E-state index < -0.39 is 0 Å². The minimum absolute atomic E-state index is 0.0991. The number of piperidine rings is 1. The number of rotatable bonds is 5. The molecule has 2 aromatic carbocycles. The van der Waals surface area contributed by atoms with E-state index in [1.165, 1.54) is 0 Å². The first-order chi connectivity index (χ1) is 17.0. The Balaban J connectivity index is 1.54. The van der Waals surface area contributed by atoms with Crippen LogP contribution in [0.4, 0.5) is 5.82 Å². The Labute approximate surface area is 209 Å². The Bertz CT molecular complexity index is 1370. The molecule has 7 nitrogen and oxygen atoms in total. The van der Waals surface area contributed by atoms with E-state index in [1.54, 1.807) is 6.20 Å². The molecule has 3 heterocycles. The van der Waals surface area contributed by atoms with E-state index in [2.05, 4.69) is 27.2 Å². The maximum absolute atomic E-state index is 13.1. The smallest absolute Gasteiger partial charge is 0.273 e. The van der Waals surface area contributed by atoms with Crippen LogP contribution >= 0.6 is 11.6 Å². The van der Waals surface area contributed by atoms with Crippen molar-refractivity contribution in [3.8, 4) is 22.5 Å². The fourth-order valence-corrected chi connectivity index (χ4v) is 4.76. The van der Waals surface area contributed by atoms with Crippen LogP contribution in [0.25, 0.3) is 33.4 Å². The molecule has 1 aliphatic heterocycles. The molecule has 1 aliphatic rings. The monoisotopic (exact) mass is 486 g/mol. The van der Waals surface area contributed by atoms with Gasteiger partial charge in [0, 0.05) is 29.3 Å². The van der Waals surface area contributed by atoms with Crippen LogP contribution in [-0.4, -0.2) is 52.4 Å². The zero-order valence-corrected chi connectivity index (χ0v) is 20.3. The number of nitrogens with two attached hydrogens (primary N) is 1. The third-order valence-electron chi connectivity index (χ3n) is 6.51. The summed E-state index contributed by atoms with van der Waals surface area (Å²) in [7, 11) is 2.12. The predicted molar refractivity (Wildman–Crippen MR) is 140 cm³/mol. The number of hydrogen-bond donors (Lipinski definition) is 2. The molecular formula is C27H27ClN6O. The van der Waals surface area contributed by atoms with Crippen molar-refractivity contribution in [1.29, 1.82) is 0 Å². The van der Waals surface area contributed by atoms with Gasteiger partial charge in [-0.2, -0.15) is 0 Å². The summed E-state index contributed by atoms with van der Waals surface area (Å²) >= 11 is 6.57. The van der Waals surface area contributed by atoms with Gasteiger partial charge in [0.1, 0.15) is 0 Å². The Kier molecular flexibility index (Phi) is 6.61. The van der Waals surface area contributed by atoms with Crippen molar-refractivity contribution < 1.29 is 4.79 Å². The van der Waals surface area contributed by atoms with E-state index in [9.17, 15) is 4.79 Å². The predicted octanol–water partition coefficient (Wildman–Crippen LogP) is 4.67. The molecule has 0 aliphatic carbocycles. The zero-order valence-electron chi connectivity index (χ0n) is 19.5. The first kappa shape index (κ1) is 23.2. The van der Waals surface area contributed by atoms with Crippen LogP contribution in [0.1, 0.15) is 23.3 Å². The average molecular weight is 487 g/mol. The molecule has 0 bridgehead atoms. The molecule has 1 amide bonds. The van der Waals surface area contributed by atoms with Crippen LogP contribution in [0.15, 0.2) is 60.8 Å². The van der Waals surface area contributed by atoms with Gasteiger partial charge < -0.3 is 16.0 Å². The number of nitrogen functional groups attached to an aromatic ring is 1. The van der Waals surface area contributed by atoms with Crippen LogP contribution in [-0.2, 0) is 0 Å². The lowest BCUT2D eigenvalue weighted by Crippen LogP contribution is -2.37. The maximum Gasteiger partial charge on any atom is 0.273 e. The quantitative estimate of drug-likeness (QED) is 0.425. The number of fused-ring (bicyclic) bond motifs is 1. The molecule has 0 unspecified atom stereocenters. The molecule has 0 radical (unpaired) electrons. The van der Waals surface area contributed by atoms with Crippen LogP contribution < -0.4 is 11.1 Å². The number of pyridine rings is 1. The van der Waals surface area contributed by atoms with E-state index >= 15 is 0 Å². The van der Waals surface area contributed by atoms with Gasteiger partial charge >= 0.3 is 0 Å². The summed E-state index contributed by atoms with van der Waals surface area (Å²) in [6, 6.07) is 17.2. The average Bonchev–Trinajstić information content (AvgIpc) is 2.88. The van der Waals surface area contributed by atoms with E-state index in [0.717, 1.165) is 42.4 Å². The molecule has 0 saturated carbocycles. The second kappa shape index (κ2) is 9.98. The topological polar surface area (TPSA) is 97.0 Å². The Morgan fingerprint density at radius 2 is 1.80 bits per heavy atom. The van der Waals surface area contributed by atoms with Crippen molar-refractivity contribution in [3.05, 3.63) is 71.5 Å². The fourth-order valence-electron chi connectivity index (χ4n) is 4.49. The van der Waals surface area contributed by atoms with Gasteiger partial charge in [0.2, 0.25) is 0 Å². The van der Waals surface area contributed by atoms with Crippen molar-refractivity contribution in [2.75, 3.05) is 32.4 Å². The SMILES string of the molecule is CN1CCC(CNC(=O)c2nc(-c3cc(Cl)c4ncccc4c3)c(-c3ccccc3)nc2N)CC1. The summed E-state index contributed by atoms with van der Waals surface area (Å²) in [5.74, 6) is 0.226. The molecule has 1 fully saturated rings. The number of aromatic nitrogens is 3. The van der Waals surface area contributed by atoms with E-state index in [-0.39, 0.29) is 17.4 Å². The van der Waals surface area contributed by atoms with E-state index in [0.29, 0.717) is 34.4 Å². The van der Waals surface area contributed by atoms with Crippen molar-refractivity contribution in [1.82, 2.24) is 25.2 Å². The van der Waals surface area contributed by atoms with Gasteiger partial charge in [0.25, 0.3) is 5.91 Å². The Morgan fingerprint density at radius 1 is 1.06 bits per heavy atom. The lowest BCUT2D eigenvalue weighted by Gasteiger charge is -2.28. The van der Waals surface area contributed by atoms with Gasteiger partial charge in [0.15, 0.2) is 11.5 Å². The van der Waals surface area contributed by atoms with Crippen molar-refractivity contribution in [2.45, 2.75) is 12.8 Å². The van der Waals surface area contributed by atoms with Gasteiger partial charge in [-0.05, 0) is 57.1 Å². The van der Waals surface area contributed by atoms with Gasteiger partial charge in [-0.3, -0.25) is 9.78 Å². The van der Waals surface area contributed by atoms with Crippen molar-refractivity contribution >= 4 is 34.2 Å². The molecule has 35 heavy (non-hydrogen) atoms. The highest BCUT2D eigenvalue weighted by atomic mass is 35.5. The second-order valence-corrected chi connectivity index (χ2v) is 9.42. The van der Waals surface area contributed by atoms with E-state index in [1.807, 2.05) is 54.6 Å². The normalized spacial score (nSPS) is 14.8. The standard InChI is InChI=1S/C27H27ClN6O/c1-34-12-9-17(10-13-34)16-31-27(35)25-26(29)33-23(18-6-3-2-4-7-18)24(32-25)20-14-19-8-5-11-30-22(19)21(28)15-20/h2-8,11,14-15,17H,9-10,12-13,16H2,1H3,(H2,29,33)(H,31,35). The highest BCUT2D eigenvalue weighted by Crippen LogP contribution is 2.34. The number of hydrogen-bond acceptors (Lipinski definition) is 6. The summed E-state index contributed by atoms with van der Waals surface area (Å²) in [6.45, 7) is 2.67. The third kappa shape index (κ3) is 4.97. The molecule has 8 heteroatoms. The molecule has 4 aromatic rings. The number of likely N-dealkylation sites (tertiary alicyclic amines) is 1. The van der Waals surface area contributed by atoms with Crippen LogP contribution in [0.5, 0.6) is 0 Å². The van der Waals surface area contributed by atoms with Crippen molar-refractivity contribution in [3.63, 3.8) is 0 Å². The maximum atomic E-state index is 13.1. The van der Waals surface area contributed by atoms with Crippen LogP contribution in [0.3, 0.4) is 0 Å². The minimum Gasteiger partial charge on any atom is -0.382 e. The summed E-state index contributed by atoms with van der Waals surface area (Å²) in [6.07, 6.45) is 3.82. The van der Waals surface area contributed by atoms with Crippen molar-refractivity contribution in [2.24, 2.45) is 5.92 Å². The molecule has 0 atom stereocenters. The zero-order chi connectivity index (χ0) is 24.4. The third-order valence-corrected chi connectivity index (χ3v) is 6.79. The highest BCUT2D eigenvalue weighted by Gasteiger charge is 2.22. The van der Waals surface area contributed by atoms with Crippen LogP contribution in [0.2, 0.25) is 5.02 Å². The lowest BCUT2D eigenvalue weighted by atomic mass is 9.97. The second-order valence-electron chi connectivity index (χ2n) is 9.01. The summed E-state index contributed by atoms with van der Waals surface area (Å²) in [4.78, 5) is 29.2. The van der Waals surface area contributed by atoms with Gasteiger partial charge in [-0.1, -0.05) is 48.0 Å². The summed E-state index contributed by atoms with van der Waals surface area (Å²) in [5.41, 5.74) is 9.83. The molecule has 2 aromatic heterocycles. The molecule has 3 N–H and O–H groups in total. The fraction of sp³-hybridized carbons (Fsp3) is 0.259. The van der Waals surface area contributed by atoms with Crippen LogP contribution in [0, 0.1) is 5.92 Å². The number of carbonyl (C=O) groups is 1. The Hall–Kier alpha value is -3.55. The molecular weight excluding hydrogens is 460 g/mol. The first-order valence-corrected chi connectivity index (χ1v) is 12.1. The number of benzene rings is 2. The molecule has 0 spiro atoms. The largest absolute Gasteiger partial charge is 0.382 e. The van der Waals surface area contributed by atoms with Gasteiger partial charge in [-0.15, -0.1) is 0 Å². The number of nitrogens with zero attached hydrogens (tertiary/aromatic N) is 4. The number of carbonyl (C=O) groups excluding carboxylic acids is 1. The highest BCUT2D eigenvalue weighted by molar-refractivity contribution is 6.35. The van der Waals surface area contributed by atoms with Gasteiger partial charge in [0.05, 0.1) is 21.9 Å². The minimum atomic E-state index is -0.316. The number of nitrogens with one attached hydrogen (secondary N) is 1. The number of amides is 1. The summed E-state index contributed by atoms with van der Waals surface area (Å²) < 4.78 is 0. The molecule has 178 valence electrons. The molecule has 1 saturated heterocycles. The van der Waals surface area contributed by atoms with E-state index in [4.69, 9.17) is 22.3 Å². The lowest BCUT2D eigenvalue weighted by molar-refractivity contribution is 0.0935. The summed E-state index contributed by atoms with van der Waals surface area (Å²) in [5, 5.41) is 4.41.